The van der Waals surface area contributed by atoms with Gasteiger partial charge in [-0.2, -0.15) is 0 Å². The van der Waals surface area contributed by atoms with Crippen LogP contribution in [0.1, 0.15) is 56.7 Å². The third kappa shape index (κ3) is 3.90. The zero-order chi connectivity index (χ0) is 17.9. The Balaban J connectivity index is 2.06. The monoisotopic (exact) mass is 333 g/mol. The topological polar surface area (TPSA) is 62.4 Å². The summed E-state index contributed by atoms with van der Waals surface area (Å²) in [6, 6.07) is 4.37. The standard InChI is InChI=1S/C19H31N3O2/c1-7-16-13(5)18(22-21-16)19(23)20-10-14-9-15(11(2)3)17(24-6)8-12(14)4/h8-9,11,13,16,18,21-22H,7,10H2,1-6H3,(H,20,23). The van der Waals surface area contributed by atoms with Crippen molar-refractivity contribution < 1.29 is 9.53 Å². The normalized spacial score (nSPS) is 23.5. The van der Waals surface area contributed by atoms with Crippen molar-refractivity contribution in [3.8, 4) is 5.75 Å². The number of nitrogens with one attached hydrogen (secondary N) is 3. The molecule has 24 heavy (non-hydrogen) atoms. The molecular formula is C19H31N3O2. The summed E-state index contributed by atoms with van der Waals surface area (Å²) < 4.78 is 5.48. The molecule has 3 N–H and O–H groups in total. The number of methoxy groups -OCH3 is 1. The number of benzene rings is 1. The molecule has 1 aliphatic rings. The Morgan fingerprint density at radius 3 is 2.58 bits per heavy atom. The van der Waals surface area contributed by atoms with Crippen LogP contribution in [0.15, 0.2) is 12.1 Å². The third-order valence-electron chi connectivity index (χ3n) is 5.07. The Morgan fingerprint density at radius 2 is 2.04 bits per heavy atom. The number of aryl methyl sites for hydroxylation is 1. The van der Waals surface area contributed by atoms with Crippen molar-refractivity contribution in [2.24, 2.45) is 5.92 Å². The van der Waals surface area contributed by atoms with E-state index in [0.29, 0.717) is 18.5 Å². The van der Waals surface area contributed by atoms with E-state index in [1.54, 1.807) is 7.11 Å². The van der Waals surface area contributed by atoms with Gasteiger partial charge in [0, 0.05) is 12.6 Å². The van der Waals surface area contributed by atoms with Crippen molar-refractivity contribution >= 4 is 5.91 Å². The van der Waals surface area contributed by atoms with E-state index in [1.165, 1.54) is 5.56 Å². The summed E-state index contributed by atoms with van der Waals surface area (Å²) in [5, 5.41) is 3.08. The van der Waals surface area contributed by atoms with E-state index in [0.717, 1.165) is 23.3 Å². The maximum atomic E-state index is 12.5. The second-order valence-electron chi connectivity index (χ2n) is 7.03. The predicted molar refractivity (Wildman–Crippen MR) is 97.0 cm³/mol. The van der Waals surface area contributed by atoms with E-state index in [4.69, 9.17) is 4.74 Å². The molecule has 0 radical (unpaired) electrons. The second-order valence-corrected chi connectivity index (χ2v) is 7.03. The Kier molecular flexibility index (Phi) is 6.24. The van der Waals surface area contributed by atoms with Crippen molar-refractivity contribution in [3.05, 3.63) is 28.8 Å². The lowest BCUT2D eigenvalue weighted by atomic mass is 9.94. The van der Waals surface area contributed by atoms with Crippen molar-refractivity contribution in [1.29, 1.82) is 0 Å². The fourth-order valence-corrected chi connectivity index (χ4v) is 3.33. The molecule has 0 bridgehead atoms. The van der Waals surface area contributed by atoms with Gasteiger partial charge in [-0.3, -0.25) is 10.2 Å². The lowest BCUT2D eigenvalue weighted by Gasteiger charge is -2.19. The highest BCUT2D eigenvalue weighted by Crippen LogP contribution is 2.29. The van der Waals surface area contributed by atoms with Gasteiger partial charge in [-0.1, -0.05) is 27.7 Å². The molecule has 0 saturated carbocycles. The molecule has 1 fully saturated rings. The molecule has 1 heterocycles. The van der Waals surface area contributed by atoms with E-state index in [2.05, 4.69) is 62.9 Å². The lowest BCUT2D eigenvalue weighted by Crippen LogP contribution is -2.45. The molecule has 3 unspecified atom stereocenters. The Labute approximate surface area is 145 Å². The molecule has 1 aromatic rings. The minimum absolute atomic E-state index is 0.0484. The fraction of sp³-hybridized carbons (Fsp3) is 0.632. The average Bonchev–Trinajstić information content (AvgIpc) is 2.93. The van der Waals surface area contributed by atoms with Gasteiger partial charge in [0.05, 0.1) is 7.11 Å². The molecule has 0 spiro atoms. The van der Waals surface area contributed by atoms with Crippen molar-refractivity contribution in [2.75, 3.05) is 7.11 Å². The quantitative estimate of drug-likeness (QED) is 0.749. The molecule has 5 nitrogen and oxygen atoms in total. The van der Waals surface area contributed by atoms with E-state index >= 15 is 0 Å². The summed E-state index contributed by atoms with van der Waals surface area (Å²) >= 11 is 0. The highest BCUT2D eigenvalue weighted by atomic mass is 16.5. The largest absolute Gasteiger partial charge is 0.496 e. The number of rotatable bonds is 6. The summed E-state index contributed by atoms with van der Waals surface area (Å²) in [4.78, 5) is 12.5. The van der Waals surface area contributed by atoms with Crippen molar-refractivity contribution in [3.63, 3.8) is 0 Å². The van der Waals surface area contributed by atoms with Crippen LogP contribution >= 0.6 is 0 Å². The number of hydrogen-bond donors (Lipinski definition) is 3. The number of amides is 1. The number of carbonyl (C=O) groups is 1. The Morgan fingerprint density at radius 1 is 1.33 bits per heavy atom. The summed E-state index contributed by atoms with van der Waals surface area (Å²) in [5.74, 6) is 1.62. The average molecular weight is 333 g/mol. The third-order valence-corrected chi connectivity index (χ3v) is 5.07. The van der Waals surface area contributed by atoms with E-state index < -0.39 is 0 Å². The molecule has 1 aromatic carbocycles. The predicted octanol–water partition coefficient (Wildman–Crippen LogP) is 2.63. The minimum atomic E-state index is -0.182. The zero-order valence-electron chi connectivity index (χ0n) is 15.7. The van der Waals surface area contributed by atoms with Crippen LogP contribution in [0.3, 0.4) is 0 Å². The van der Waals surface area contributed by atoms with E-state index in [9.17, 15) is 4.79 Å². The van der Waals surface area contributed by atoms with Crippen LogP contribution < -0.4 is 20.9 Å². The summed E-state index contributed by atoms with van der Waals surface area (Å²) in [5.41, 5.74) is 9.78. The highest BCUT2D eigenvalue weighted by molar-refractivity contribution is 5.82. The maximum Gasteiger partial charge on any atom is 0.239 e. The maximum absolute atomic E-state index is 12.5. The Hall–Kier alpha value is -1.59. The summed E-state index contributed by atoms with van der Waals surface area (Å²) in [7, 11) is 1.70. The minimum Gasteiger partial charge on any atom is -0.496 e. The molecule has 0 aromatic heterocycles. The number of hydrazine groups is 1. The first kappa shape index (κ1) is 18.7. The van der Waals surface area contributed by atoms with Gasteiger partial charge in [0.2, 0.25) is 5.91 Å². The van der Waals surface area contributed by atoms with Crippen molar-refractivity contribution in [2.45, 2.75) is 65.6 Å². The van der Waals surface area contributed by atoms with E-state index in [1.807, 2.05) is 0 Å². The van der Waals surface area contributed by atoms with Crippen LogP contribution in [0.25, 0.3) is 0 Å². The second kappa shape index (κ2) is 7.99. The van der Waals surface area contributed by atoms with Gasteiger partial charge in [-0.15, -0.1) is 0 Å². The molecule has 3 atom stereocenters. The van der Waals surface area contributed by atoms with Gasteiger partial charge in [-0.25, -0.2) is 5.43 Å². The van der Waals surface area contributed by atoms with Gasteiger partial charge in [0.25, 0.3) is 0 Å². The molecule has 2 rings (SSSR count). The zero-order valence-corrected chi connectivity index (χ0v) is 15.7. The molecule has 5 heteroatoms. The number of hydrogen-bond acceptors (Lipinski definition) is 4. The number of carbonyl (C=O) groups excluding carboxylic acids is 1. The first-order valence-corrected chi connectivity index (χ1v) is 8.85. The fourth-order valence-electron chi connectivity index (χ4n) is 3.33. The molecule has 0 aliphatic carbocycles. The van der Waals surface area contributed by atoms with Gasteiger partial charge in [0.15, 0.2) is 0 Å². The molecule has 134 valence electrons. The van der Waals surface area contributed by atoms with Crippen LogP contribution in [-0.4, -0.2) is 25.1 Å². The van der Waals surface area contributed by atoms with Crippen LogP contribution in [0.2, 0.25) is 0 Å². The highest BCUT2D eigenvalue weighted by Gasteiger charge is 2.35. The lowest BCUT2D eigenvalue weighted by molar-refractivity contribution is -0.123. The summed E-state index contributed by atoms with van der Waals surface area (Å²) in [6.07, 6.45) is 1.01. The van der Waals surface area contributed by atoms with Gasteiger partial charge in [0.1, 0.15) is 11.8 Å². The van der Waals surface area contributed by atoms with Crippen molar-refractivity contribution in [1.82, 2.24) is 16.2 Å². The first-order chi connectivity index (χ1) is 11.4. The summed E-state index contributed by atoms with van der Waals surface area (Å²) in [6.45, 7) is 11.1. The van der Waals surface area contributed by atoms with Gasteiger partial charge >= 0.3 is 0 Å². The molecular weight excluding hydrogens is 302 g/mol. The molecule has 1 aliphatic heterocycles. The van der Waals surface area contributed by atoms with Crippen LogP contribution in [0.5, 0.6) is 5.75 Å². The van der Waals surface area contributed by atoms with Crippen LogP contribution in [0, 0.1) is 12.8 Å². The van der Waals surface area contributed by atoms with Gasteiger partial charge < -0.3 is 10.1 Å². The smallest absolute Gasteiger partial charge is 0.239 e. The molecule has 1 saturated heterocycles. The van der Waals surface area contributed by atoms with Gasteiger partial charge in [-0.05, 0) is 54.0 Å². The Bertz CT molecular complexity index is 586. The van der Waals surface area contributed by atoms with Crippen LogP contribution in [-0.2, 0) is 11.3 Å². The number of ether oxygens (including phenoxy) is 1. The SMILES string of the molecule is CCC1NNC(C(=O)NCc2cc(C(C)C)c(OC)cc2C)C1C. The van der Waals surface area contributed by atoms with E-state index in [-0.39, 0.29) is 17.9 Å². The molecule has 1 amide bonds. The van der Waals surface area contributed by atoms with Crippen LogP contribution in [0.4, 0.5) is 0 Å². The first-order valence-electron chi connectivity index (χ1n) is 8.85.